The maximum atomic E-state index is 13.0. The summed E-state index contributed by atoms with van der Waals surface area (Å²) in [6.45, 7) is 8.90. The smallest absolute Gasteiger partial charge is 0.272 e. The molecule has 3 aromatic rings. The Morgan fingerprint density at radius 2 is 1.69 bits per heavy atom. The first kappa shape index (κ1) is 19.2. The van der Waals surface area contributed by atoms with E-state index in [0.717, 1.165) is 18.6 Å². The van der Waals surface area contributed by atoms with Crippen molar-refractivity contribution in [3.05, 3.63) is 69.6 Å². The standard InChI is InChI=1S/C23H26N4O2/c1-16-7-6-10-20(17(16)2)25-11-13-26(14-12-25)22(28)15-27-21-9-5-4-8-19(21)24-18(3)23(27)29/h4-10H,11-15H2,1-3H3. The normalized spacial score (nSPS) is 14.4. The van der Waals surface area contributed by atoms with Crippen LogP contribution in [0.1, 0.15) is 16.8 Å². The summed E-state index contributed by atoms with van der Waals surface area (Å²) in [7, 11) is 0. The number of carbonyl (C=O) groups excluding carboxylic acids is 1. The summed E-state index contributed by atoms with van der Waals surface area (Å²) in [5, 5.41) is 0. The summed E-state index contributed by atoms with van der Waals surface area (Å²) in [4.78, 5) is 34.1. The fourth-order valence-corrected chi connectivity index (χ4v) is 3.99. The highest BCUT2D eigenvalue weighted by Gasteiger charge is 2.23. The number of piperazine rings is 1. The van der Waals surface area contributed by atoms with Gasteiger partial charge in [-0.1, -0.05) is 24.3 Å². The molecule has 0 bridgehead atoms. The van der Waals surface area contributed by atoms with Crippen LogP contribution in [0.15, 0.2) is 47.3 Å². The van der Waals surface area contributed by atoms with E-state index in [1.54, 1.807) is 11.5 Å². The summed E-state index contributed by atoms with van der Waals surface area (Å²) in [6, 6.07) is 13.8. The zero-order valence-corrected chi connectivity index (χ0v) is 17.2. The van der Waals surface area contributed by atoms with Gasteiger partial charge in [0.25, 0.3) is 5.56 Å². The first-order chi connectivity index (χ1) is 14.0. The van der Waals surface area contributed by atoms with Crippen LogP contribution in [0.5, 0.6) is 0 Å². The van der Waals surface area contributed by atoms with Crippen LogP contribution in [-0.4, -0.2) is 46.5 Å². The van der Waals surface area contributed by atoms with Gasteiger partial charge in [0, 0.05) is 31.9 Å². The minimum Gasteiger partial charge on any atom is -0.368 e. The maximum Gasteiger partial charge on any atom is 0.272 e. The zero-order valence-electron chi connectivity index (χ0n) is 17.2. The molecule has 2 aromatic carbocycles. The van der Waals surface area contributed by atoms with Crippen LogP contribution in [0.25, 0.3) is 11.0 Å². The molecule has 0 radical (unpaired) electrons. The second-order valence-electron chi connectivity index (χ2n) is 7.66. The Morgan fingerprint density at radius 1 is 0.966 bits per heavy atom. The lowest BCUT2D eigenvalue weighted by molar-refractivity contribution is -0.132. The van der Waals surface area contributed by atoms with Gasteiger partial charge < -0.3 is 9.80 Å². The monoisotopic (exact) mass is 390 g/mol. The second kappa shape index (κ2) is 7.70. The fourth-order valence-electron chi connectivity index (χ4n) is 3.99. The number of anilines is 1. The van der Waals surface area contributed by atoms with Crippen LogP contribution in [0, 0.1) is 20.8 Å². The number of aromatic nitrogens is 2. The number of amides is 1. The molecule has 4 rings (SSSR count). The molecule has 29 heavy (non-hydrogen) atoms. The van der Waals surface area contributed by atoms with E-state index in [1.807, 2.05) is 29.2 Å². The fraction of sp³-hybridized carbons (Fsp3) is 0.348. The van der Waals surface area contributed by atoms with Gasteiger partial charge in [-0.2, -0.15) is 0 Å². The van der Waals surface area contributed by atoms with Crippen molar-refractivity contribution in [3.63, 3.8) is 0 Å². The summed E-state index contributed by atoms with van der Waals surface area (Å²) < 4.78 is 1.55. The van der Waals surface area contributed by atoms with Gasteiger partial charge in [-0.25, -0.2) is 4.98 Å². The lowest BCUT2D eigenvalue weighted by atomic mass is 10.1. The first-order valence-electron chi connectivity index (χ1n) is 10.0. The van der Waals surface area contributed by atoms with E-state index < -0.39 is 0 Å². The molecule has 0 atom stereocenters. The highest BCUT2D eigenvalue weighted by Crippen LogP contribution is 2.24. The Hall–Kier alpha value is -3.15. The average molecular weight is 390 g/mol. The Balaban J connectivity index is 1.50. The first-order valence-corrected chi connectivity index (χ1v) is 10.0. The van der Waals surface area contributed by atoms with Gasteiger partial charge in [-0.3, -0.25) is 14.2 Å². The number of benzene rings is 2. The molecular weight excluding hydrogens is 364 g/mol. The Kier molecular flexibility index (Phi) is 5.09. The van der Waals surface area contributed by atoms with Crippen molar-refractivity contribution in [2.24, 2.45) is 0 Å². The van der Waals surface area contributed by atoms with E-state index in [-0.39, 0.29) is 18.0 Å². The molecule has 0 aliphatic carbocycles. The third kappa shape index (κ3) is 3.62. The number of aryl methyl sites for hydroxylation is 2. The van der Waals surface area contributed by atoms with Gasteiger partial charge >= 0.3 is 0 Å². The molecule has 0 spiro atoms. The summed E-state index contributed by atoms with van der Waals surface area (Å²) in [5.41, 5.74) is 5.45. The van der Waals surface area contributed by atoms with Crippen LogP contribution in [0.2, 0.25) is 0 Å². The third-order valence-corrected chi connectivity index (χ3v) is 5.86. The molecule has 1 aliphatic rings. The van der Waals surface area contributed by atoms with Crippen molar-refractivity contribution in [1.29, 1.82) is 0 Å². The summed E-state index contributed by atoms with van der Waals surface area (Å²) >= 11 is 0. The Morgan fingerprint density at radius 3 is 2.45 bits per heavy atom. The van der Waals surface area contributed by atoms with Gasteiger partial charge in [-0.05, 0) is 50.1 Å². The van der Waals surface area contributed by atoms with Gasteiger partial charge in [0.05, 0.1) is 11.0 Å². The molecule has 0 unspecified atom stereocenters. The molecule has 150 valence electrons. The van der Waals surface area contributed by atoms with Crippen molar-refractivity contribution in [2.45, 2.75) is 27.3 Å². The highest BCUT2D eigenvalue weighted by molar-refractivity contribution is 5.80. The molecular formula is C23H26N4O2. The molecule has 2 heterocycles. The van der Waals surface area contributed by atoms with Crippen LogP contribution in [0.4, 0.5) is 5.69 Å². The molecule has 0 N–H and O–H groups in total. The quantitative estimate of drug-likeness (QED) is 0.690. The molecule has 1 amide bonds. The predicted octanol–water partition coefficient (Wildman–Crippen LogP) is 2.67. The van der Waals surface area contributed by atoms with Gasteiger partial charge in [0.2, 0.25) is 5.91 Å². The van der Waals surface area contributed by atoms with E-state index in [9.17, 15) is 9.59 Å². The van der Waals surface area contributed by atoms with Crippen LogP contribution in [0.3, 0.4) is 0 Å². The van der Waals surface area contributed by atoms with Crippen LogP contribution >= 0.6 is 0 Å². The maximum absolute atomic E-state index is 13.0. The molecule has 1 aromatic heterocycles. The lowest BCUT2D eigenvalue weighted by Gasteiger charge is -2.37. The Bertz CT molecular complexity index is 1130. The third-order valence-electron chi connectivity index (χ3n) is 5.86. The van der Waals surface area contributed by atoms with Gasteiger partial charge in [0.15, 0.2) is 0 Å². The molecule has 6 heteroatoms. The van der Waals surface area contributed by atoms with Gasteiger partial charge in [-0.15, -0.1) is 0 Å². The van der Waals surface area contributed by atoms with Crippen LogP contribution < -0.4 is 10.5 Å². The SMILES string of the molecule is Cc1cccc(N2CCN(C(=O)Cn3c(=O)c(C)nc4ccccc43)CC2)c1C. The van der Waals surface area contributed by atoms with Crippen molar-refractivity contribution in [1.82, 2.24) is 14.5 Å². The Labute approximate surface area is 170 Å². The number of rotatable bonds is 3. The minimum absolute atomic E-state index is 0.0246. The topological polar surface area (TPSA) is 58.4 Å². The van der Waals surface area contributed by atoms with Crippen molar-refractivity contribution in [3.8, 4) is 0 Å². The summed E-state index contributed by atoms with van der Waals surface area (Å²) in [5.74, 6) is -0.0246. The molecule has 1 fully saturated rings. The van der Waals surface area contributed by atoms with E-state index in [4.69, 9.17) is 0 Å². The second-order valence-corrected chi connectivity index (χ2v) is 7.66. The lowest BCUT2D eigenvalue weighted by Crippen LogP contribution is -2.50. The number of carbonyl (C=O) groups is 1. The molecule has 1 saturated heterocycles. The molecule has 1 aliphatic heterocycles. The number of hydrogen-bond acceptors (Lipinski definition) is 4. The van der Waals surface area contributed by atoms with E-state index in [0.29, 0.717) is 24.3 Å². The van der Waals surface area contributed by atoms with E-state index in [1.165, 1.54) is 16.8 Å². The predicted molar refractivity (Wildman–Crippen MR) is 115 cm³/mol. The van der Waals surface area contributed by atoms with Crippen LogP contribution in [-0.2, 0) is 11.3 Å². The largest absolute Gasteiger partial charge is 0.368 e. The van der Waals surface area contributed by atoms with Crippen molar-refractivity contribution >= 4 is 22.6 Å². The van der Waals surface area contributed by atoms with Gasteiger partial charge in [0.1, 0.15) is 12.2 Å². The minimum atomic E-state index is -0.203. The number of hydrogen-bond donors (Lipinski definition) is 0. The van der Waals surface area contributed by atoms with E-state index >= 15 is 0 Å². The number of nitrogens with zero attached hydrogens (tertiary/aromatic N) is 4. The number of para-hydroxylation sites is 2. The van der Waals surface area contributed by atoms with Crippen molar-refractivity contribution in [2.75, 3.05) is 31.1 Å². The zero-order chi connectivity index (χ0) is 20.5. The molecule has 0 saturated carbocycles. The molecule has 6 nitrogen and oxygen atoms in total. The van der Waals surface area contributed by atoms with E-state index in [2.05, 4.69) is 41.9 Å². The number of fused-ring (bicyclic) bond motifs is 1. The van der Waals surface area contributed by atoms with Crippen molar-refractivity contribution < 1.29 is 4.79 Å². The summed E-state index contributed by atoms with van der Waals surface area (Å²) in [6.07, 6.45) is 0. The highest BCUT2D eigenvalue weighted by atomic mass is 16.2. The average Bonchev–Trinajstić information content (AvgIpc) is 2.73.